The molecular weight excluding hydrogens is 264 g/mol. The highest BCUT2D eigenvalue weighted by atomic mass is 16.1. The molecule has 1 atom stereocenters. The van der Waals surface area contributed by atoms with Gasteiger partial charge in [0.2, 0.25) is 5.91 Å². The van der Waals surface area contributed by atoms with Crippen molar-refractivity contribution in [2.45, 2.75) is 31.2 Å². The summed E-state index contributed by atoms with van der Waals surface area (Å²) < 4.78 is 0. The second-order valence-electron chi connectivity index (χ2n) is 6.36. The second-order valence-corrected chi connectivity index (χ2v) is 6.36. The van der Waals surface area contributed by atoms with E-state index in [0.717, 1.165) is 17.7 Å². The Labute approximate surface area is 123 Å². The van der Waals surface area contributed by atoms with Crippen molar-refractivity contribution in [1.29, 1.82) is 0 Å². The highest BCUT2D eigenvalue weighted by Gasteiger charge is 2.49. The average Bonchev–Trinajstić information content (AvgIpc) is 2.65. The van der Waals surface area contributed by atoms with Gasteiger partial charge in [0.05, 0.1) is 5.41 Å². The van der Waals surface area contributed by atoms with Crippen LogP contribution >= 0.6 is 0 Å². The van der Waals surface area contributed by atoms with E-state index in [1.807, 2.05) is 30.3 Å². The lowest BCUT2D eigenvalue weighted by Crippen LogP contribution is -2.31. The molecule has 4 nitrogen and oxygen atoms in total. The summed E-state index contributed by atoms with van der Waals surface area (Å²) in [6, 6.07) is 7.56. The number of hydrogen-bond donors (Lipinski definition) is 2. The number of carbonyl (C=O) groups excluding carboxylic acids is 2. The Bertz CT molecular complexity index is 700. The van der Waals surface area contributed by atoms with Gasteiger partial charge in [-0.2, -0.15) is 0 Å². The van der Waals surface area contributed by atoms with Crippen LogP contribution in [0.4, 0.5) is 0 Å². The van der Waals surface area contributed by atoms with Gasteiger partial charge in [-0.15, -0.1) is 0 Å². The molecule has 1 aromatic rings. The molecule has 1 amide bonds. The lowest BCUT2D eigenvalue weighted by Gasteiger charge is -2.32. The molecule has 0 bridgehead atoms. The third-order valence-corrected chi connectivity index (χ3v) is 4.15. The molecule has 21 heavy (non-hydrogen) atoms. The minimum absolute atomic E-state index is 0.000596. The Balaban J connectivity index is 2.26. The highest BCUT2D eigenvalue weighted by molar-refractivity contribution is 6.08. The van der Waals surface area contributed by atoms with E-state index < -0.39 is 11.3 Å². The molecule has 4 heteroatoms. The Morgan fingerprint density at radius 3 is 2.76 bits per heavy atom. The molecule has 0 unspecified atom stereocenters. The van der Waals surface area contributed by atoms with Gasteiger partial charge in [-0.1, -0.05) is 30.3 Å². The molecule has 0 saturated carbocycles. The first kappa shape index (κ1) is 13.6. The molecule has 3 N–H and O–H groups in total. The quantitative estimate of drug-likeness (QED) is 0.772. The molecule has 108 valence electrons. The summed E-state index contributed by atoms with van der Waals surface area (Å²) in [4.78, 5) is 23.5. The summed E-state index contributed by atoms with van der Waals surface area (Å²) in [5, 5.41) is 3.38. The number of carbonyl (C=O) groups is 2. The Morgan fingerprint density at radius 1 is 1.33 bits per heavy atom. The van der Waals surface area contributed by atoms with E-state index >= 15 is 0 Å². The van der Waals surface area contributed by atoms with Crippen molar-refractivity contribution >= 4 is 11.7 Å². The van der Waals surface area contributed by atoms with E-state index in [1.54, 1.807) is 6.08 Å². The van der Waals surface area contributed by atoms with Crippen LogP contribution in [0.5, 0.6) is 0 Å². The number of hydrogen-bond acceptors (Lipinski definition) is 3. The fourth-order valence-electron chi connectivity index (χ4n) is 3.49. The first-order chi connectivity index (χ1) is 9.84. The molecule has 1 aliphatic heterocycles. The fraction of sp³-hybridized carbons (Fsp3) is 0.294. The standard InChI is InChI=1S/C17H18N2O2/c1-16(2)10-17(14(19-16)9-15(18)21)8-7-13(20)11-5-3-4-6-12(11)17/h3-9,19H,10H2,1-2H3,(H2,18,21)/b14-9-/t17-/m1/s1. The van der Waals surface area contributed by atoms with Crippen LogP contribution in [-0.4, -0.2) is 17.2 Å². The molecule has 1 spiro atoms. The van der Waals surface area contributed by atoms with Gasteiger partial charge in [0.1, 0.15) is 0 Å². The molecule has 3 rings (SSSR count). The normalized spacial score (nSPS) is 27.7. The number of benzene rings is 1. The number of fused-ring (bicyclic) bond motifs is 2. The van der Waals surface area contributed by atoms with Gasteiger partial charge in [0.15, 0.2) is 5.78 Å². The first-order valence-corrected chi connectivity index (χ1v) is 6.97. The van der Waals surface area contributed by atoms with Crippen LogP contribution in [0.15, 0.2) is 48.2 Å². The number of nitrogens with one attached hydrogen (secondary N) is 1. The number of rotatable bonds is 1. The van der Waals surface area contributed by atoms with Gasteiger partial charge in [-0.3, -0.25) is 9.59 Å². The average molecular weight is 282 g/mol. The SMILES string of the molecule is CC1(C)C[C@@]2(C=CC(=O)c3ccccc32)/C(=C/C(N)=O)N1. The van der Waals surface area contributed by atoms with Crippen molar-refractivity contribution in [2.24, 2.45) is 5.73 Å². The van der Waals surface area contributed by atoms with Crippen LogP contribution in [0.3, 0.4) is 0 Å². The zero-order valence-electron chi connectivity index (χ0n) is 12.1. The minimum atomic E-state index is -0.489. The van der Waals surface area contributed by atoms with Crippen molar-refractivity contribution < 1.29 is 9.59 Å². The van der Waals surface area contributed by atoms with Gasteiger partial charge < -0.3 is 11.1 Å². The molecule has 1 heterocycles. The number of primary amides is 1. The van der Waals surface area contributed by atoms with Crippen LogP contribution in [0.2, 0.25) is 0 Å². The second kappa shape index (κ2) is 4.32. The van der Waals surface area contributed by atoms with Crippen LogP contribution in [-0.2, 0) is 10.2 Å². The maximum Gasteiger partial charge on any atom is 0.243 e. The zero-order valence-corrected chi connectivity index (χ0v) is 12.1. The van der Waals surface area contributed by atoms with Gasteiger partial charge in [-0.05, 0) is 31.9 Å². The smallest absolute Gasteiger partial charge is 0.243 e. The van der Waals surface area contributed by atoms with Crippen LogP contribution < -0.4 is 11.1 Å². The van der Waals surface area contributed by atoms with Gasteiger partial charge >= 0.3 is 0 Å². The Morgan fingerprint density at radius 2 is 2.05 bits per heavy atom. The van der Waals surface area contributed by atoms with Gasteiger partial charge in [0, 0.05) is 22.9 Å². The summed E-state index contributed by atoms with van der Waals surface area (Å²) in [5.74, 6) is -0.489. The predicted octanol–water partition coefficient (Wildman–Crippen LogP) is 1.82. The van der Waals surface area contributed by atoms with Crippen molar-refractivity contribution in [3.8, 4) is 0 Å². The van der Waals surface area contributed by atoms with Gasteiger partial charge in [-0.25, -0.2) is 0 Å². The predicted molar refractivity (Wildman–Crippen MR) is 80.7 cm³/mol. The van der Waals surface area contributed by atoms with Crippen molar-refractivity contribution in [2.75, 3.05) is 0 Å². The summed E-state index contributed by atoms with van der Waals surface area (Å²) in [6.45, 7) is 4.15. The van der Waals surface area contributed by atoms with E-state index in [9.17, 15) is 9.59 Å². The van der Waals surface area contributed by atoms with E-state index in [-0.39, 0.29) is 11.3 Å². The maximum absolute atomic E-state index is 12.1. The van der Waals surface area contributed by atoms with E-state index in [2.05, 4.69) is 19.2 Å². The van der Waals surface area contributed by atoms with E-state index in [0.29, 0.717) is 5.56 Å². The number of amides is 1. The fourth-order valence-corrected chi connectivity index (χ4v) is 3.49. The zero-order chi connectivity index (χ0) is 15.3. The first-order valence-electron chi connectivity index (χ1n) is 6.97. The topological polar surface area (TPSA) is 72.2 Å². The molecule has 2 aliphatic rings. The van der Waals surface area contributed by atoms with E-state index in [4.69, 9.17) is 5.73 Å². The lowest BCUT2D eigenvalue weighted by molar-refractivity contribution is -0.113. The monoisotopic (exact) mass is 282 g/mol. The van der Waals surface area contributed by atoms with Crippen molar-refractivity contribution in [1.82, 2.24) is 5.32 Å². The van der Waals surface area contributed by atoms with E-state index in [1.165, 1.54) is 6.08 Å². The molecular formula is C17H18N2O2. The molecule has 0 radical (unpaired) electrons. The molecule has 0 aromatic heterocycles. The molecule has 1 saturated heterocycles. The molecule has 1 aliphatic carbocycles. The molecule has 1 fully saturated rings. The minimum Gasteiger partial charge on any atom is -0.382 e. The third kappa shape index (κ3) is 2.07. The third-order valence-electron chi connectivity index (χ3n) is 4.15. The summed E-state index contributed by atoms with van der Waals surface area (Å²) >= 11 is 0. The lowest BCUT2D eigenvalue weighted by atomic mass is 9.69. The molecule has 1 aromatic carbocycles. The number of nitrogens with two attached hydrogens (primary N) is 1. The number of ketones is 1. The van der Waals surface area contributed by atoms with Crippen molar-refractivity contribution in [3.63, 3.8) is 0 Å². The van der Waals surface area contributed by atoms with Gasteiger partial charge in [0.25, 0.3) is 0 Å². The largest absolute Gasteiger partial charge is 0.382 e. The summed E-state index contributed by atoms with van der Waals surface area (Å²) in [7, 11) is 0. The highest BCUT2D eigenvalue weighted by Crippen LogP contribution is 2.48. The summed E-state index contributed by atoms with van der Waals surface area (Å²) in [5.41, 5.74) is 7.07. The summed E-state index contributed by atoms with van der Waals surface area (Å²) in [6.07, 6.45) is 5.69. The van der Waals surface area contributed by atoms with Crippen LogP contribution in [0, 0.1) is 0 Å². The Kier molecular flexibility index (Phi) is 2.80. The van der Waals surface area contributed by atoms with Crippen LogP contribution in [0.25, 0.3) is 0 Å². The maximum atomic E-state index is 12.1. The number of allylic oxidation sites excluding steroid dienone is 2. The Hall–Kier alpha value is -2.36. The van der Waals surface area contributed by atoms with Crippen LogP contribution in [0.1, 0.15) is 36.2 Å². The van der Waals surface area contributed by atoms with Crippen molar-refractivity contribution in [3.05, 3.63) is 59.3 Å².